The summed E-state index contributed by atoms with van der Waals surface area (Å²) in [6.07, 6.45) is 5.75. The Balaban J connectivity index is 1.60. The minimum absolute atomic E-state index is 0.00184. The number of nitrogens with zero attached hydrogens (tertiary/aromatic N) is 2. The molecular formula is C19H24N2O2. The summed E-state index contributed by atoms with van der Waals surface area (Å²) in [7, 11) is 0. The van der Waals surface area contributed by atoms with Gasteiger partial charge in [-0.25, -0.2) is 0 Å². The zero-order valence-corrected chi connectivity index (χ0v) is 13.7. The molecule has 122 valence electrons. The van der Waals surface area contributed by atoms with E-state index in [0.717, 1.165) is 36.3 Å². The van der Waals surface area contributed by atoms with Crippen molar-refractivity contribution in [2.24, 2.45) is 0 Å². The van der Waals surface area contributed by atoms with Gasteiger partial charge >= 0.3 is 0 Å². The predicted molar refractivity (Wildman–Crippen MR) is 88.9 cm³/mol. The van der Waals surface area contributed by atoms with Crippen LogP contribution in [0.25, 0.3) is 11.3 Å². The quantitative estimate of drug-likeness (QED) is 0.847. The molecular weight excluding hydrogens is 288 g/mol. The maximum absolute atomic E-state index is 6.38. The van der Waals surface area contributed by atoms with Crippen LogP contribution in [0.3, 0.4) is 0 Å². The second-order valence-electron chi connectivity index (χ2n) is 6.53. The molecule has 2 aliphatic rings. The van der Waals surface area contributed by atoms with E-state index in [2.05, 4.69) is 29.8 Å². The topological polar surface area (TPSA) is 36.3 Å². The number of rotatable bonds is 3. The van der Waals surface area contributed by atoms with E-state index < -0.39 is 0 Å². The molecule has 1 aromatic carbocycles. The van der Waals surface area contributed by atoms with E-state index in [1.807, 2.05) is 18.2 Å². The maximum Gasteiger partial charge on any atom is 0.169 e. The fourth-order valence-electron chi connectivity index (χ4n) is 3.75. The van der Waals surface area contributed by atoms with E-state index >= 15 is 0 Å². The first kappa shape index (κ1) is 14.9. The van der Waals surface area contributed by atoms with Gasteiger partial charge in [0.05, 0.1) is 18.0 Å². The molecule has 1 unspecified atom stereocenters. The molecule has 4 rings (SSSR count). The number of aryl methyl sites for hydroxylation is 1. The Morgan fingerprint density at radius 2 is 1.96 bits per heavy atom. The molecule has 2 heterocycles. The Morgan fingerprint density at radius 1 is 1.17 bits per heavy atom. The first-order chi connectivity index (χ1) is 11.3. The summed E-state index contributed by atoms with van der Waals surface area (Å²) >= 11 is 0. The molecule has 0 amide bonds. The second kappa shape index (κ2) is 6.10. The van der Waals surface area contributed by atoms with Gasteiger partial charge in [-0.2, -0.15) is 5.10 Å². The van der Waals surface area contributed by atoms with Crippen molar-refractivity contribution in [1.29, 1.82) is 0 Å². The van der Waals surface area contributed by atoms with Crippen molar-refractivity contribution in [3.63, 3.8) is 0 Å². The SMILES string of the molecule is CCn1nc(-c2ccccc2)cc1C1COC2(CCCCC2)O1. The average Bonchev–Trinajstić information content (AvgIpc) is 3.21. The second-order valence-corrected chi connectivity index (χ2v) is 6.53. The van der Waals surface area contributed by atoms with Gasteiger partial charge in [-0.3, -0.25) is 4.68 Å². The maximum atomic E-state index is 6.38. The van der Waals surface area contributed by atoms with Crippen LogP contribution in [0.2, 0.25) is 0 Å². The Morgan fingerprint density at radius 3 is 2.70 bits per heavy atom. The van der Waals surface area contributed by atoms with Gasteiger partial charge < -0.3 is 9.47 Å². The van der Waals surface area contributed by atoms with Crippen LogP contribution in [0.5, 0.6) is 0 Å². The van der Waals surface area contributed by atoms with Gasteiger partial charge in [0.1, 0.15) is 6.10 Å². The third-order valence-electron chi connectivity index (χ3n) is 4.98. The fourth-order valence-corrected chi connectivity index (χ4v) is 3.75. The number of aromatic nitrogens is 2. The number of benzene rings is 1. The van der Waals surface area contributed by atoms with Crippen molar-refractivity contribution in [2.45, 2.75) is 57.5 Å². The molecule has 1 atom stereocenters. The van der Waals surface area contributed by atoms with Crippen LogP contribution < -0.4 is 0 Å². The van der Waals surface area contributed by atoms with Crippen LogP contribution in [-0.2, 0) is 16.0 Å². The van der Waals surface area contributed by atoms with Gasteiger partial charge in [0, 0.05) is 24.9 Å². The van der Waals surface area contributed by atoms with Gasteiger partial charge in [0.15, 0.2) is 5.79 Å². The van der Waals surface area contributed by atoms with Crippen LogP contribution in [0.4, 0.5) is 0 Å². The van der Waals surface area contributed by atoms with Crippen LogP contribution >= 0.6 is 0 Å². The zero-order chi connectivity index (χ0) is 15.7. The highest BCUT2D eigenvalue weighted by Gasteiger charge is 2.43. The number of ether oxygens (including phenoxy) is 2. The van der Waals surface area contributed by atoms with Crippen molar-refractivity contribution >= 4 is 0 Å². The van der Waals surface area contributed by atoms with Gasteiger partial charge in [-0.15, -0.1) is 0 Å². The van der Waals surface area contributed by atoms with Gasteiger partial charge in [-0.1, -0.05) is 36.8 Å². The molecule has 4 nitrogen and oxygen atoms in total. The molecule has 2 fully saturated rings. The first-order valence-electron chi connectivity index (χ1n) is 8.75. The highest BCUT2D eigenvalue weighted by Crippen LogP contribution is 2.43. The number of hydrogen-bond acceptors (Lipinski definition) is 3. The van der Waals surface area contributed by atoms with Gasteiger partial charge in [0.25, 0.3) is 0 Å². The smallest absolute Gasteiger partial charge is 0.169 e. The standard InChI is InChI=1S/C19H24N2O2/c1-2-21-17(13-16(20-21)15-9-5-3-6-10-15)18-14-22-19(23-18)11-7-4-8-12-19/h3,5-6,9-10,13,18H,2,4,7-8,11-12,14H2,1H3. The number of hydrogen-bond donors (Lipinski definition) is 0. The lowest BCUT2D eigenvalue weighted by molar-refractivity contribution is -0.188. The summed E-state index contributed by atoms with van der Waals surface area (Å²) in [6, 6.07) is 12.5. The van der Waals surface area contributed by atoms with Crippen molar-refractivity contribution < 1.29 is 9.47 Å². The van der Waals surface area contributed by atoms with Crippen molar-refractivity contribution in [3.8, 4) is 11.3 Å². The van der Waals surface area contributed by atoms with Crippen molar-refractivity contribution in [1.82, 2.24) is 9.78 Å². The van der Waals surface area contributed by atoms with Crippen LogP contribution in [0, 0.1) is 0 Å². The molecule has 0 bridgehead atoms. The predicted octanol–water partition coefficient (Wildman–Crippen LogP) is 4.32. The largest absolute Gasteiger partial charge is 0.347 e. The van der Waals surface area contributed by atoms with E-state index in [9.17, 15) is 0 Å². The monoisotopic (exact) mass is 312 g/mol. The lowest BCUT2D eigenvalue weighted by atomic mass is 9.94. The third-order valence-corrected chi connectivity index (χ3v) is 4.98. The molecule has 1 saturated carbocycles. The highest BCUT2D eigenvalue weighted by atomic mass is 16.7. The van der Waals surface area contributed by atoms with Crippen LogP contribution in [0.1, 0.15) is 50.8 Å². The third kappa shape index (κ3) is 2.81. The molecule has 1 saturated heterocycles. The van der Waals surface area contributed by atoms with Crippen LogP contribution in [0.15, 0.2) is 36.4 Å². The normalized spacial score (nSPS) is 23.4. The highest BCUT2D eigenvalue weighted by molar-refractivity contribution is 5.59. The fraction of sp³-hybridized carbons (Fsp3) is 0.526. The van der Waals surface area contributed by atoms with E-state index in [1.54, 1.807) is 0 Å². The van der Waals surface area contributed by atoms with E-state index in [1.165, 1.54) is 19.3 Å². The minimum Gasteiger partial charge on any atom is -0.347 e. The molecule has 0 radical (unpaired) electrons. The van der Waals surface area contributed by atoms with Crippen LogP contribution in [-0.4, -0.2) is 22.2 Å². The lowest BCUT2D eigenvalue weighted by Gasteiger charge is -2.31. The molecule has 23 heavy (non-hydrogen) atoms. The Hall–Kier alpha value is -1.65. The summed E-state index contributed by atoms with van der Waals surface area (Å²) in [5, 5.41) is 4.76. The summed E-state index contributed by atoms with van der Waals surface area (Å²) in [5.41, 5.74) is 3.29. The summed E-state index contributed by atoms with van der Waals surface area (Å²) < 4.78 is 14.5. The molecule has 1 aromatic heterocycles. The van der Waals surface area contributed by atoms with E-state index in [-0.39, 0.29) is 11.9 Å². The lowest BCUT2D eigenvalue weighted by Crippen LogP contribution is -2.32. The Labute approximate surface area is 137 Å². The summed E-state index contributed by atoms with van der Waals surface area (Å²) in [5.74, 6) is -0.335. The van der Waals surface area contributed by atoms with Gasteiger partial charge in [-0.05, 0) is 25.8 Å². The Kier molecular flexibility index (Phi) is 3.95. The molecule has 2 aromatic rings. The average molecular weight is 312 g/mol. The summed E-state index contributed by atoms with van der Waals surface area (Å²) in [6.45, 7) is 3.60. The first-order valence-corrected chi connectivity index (χ1v) is 8.75. The van der Waals surface area contributed by atoms with Crippen molar-refractivity contribution in [3.05, 3.63) is 42.1 Å². The minimum atomic E-state index is -0.335. The van der Waals surface area contributed by atoms with Crippen molar-refractivity contribution in [2.75, 3.05) is 6.61 Å². The molecule has 1 aliphatic carbocycles. The molecule has 0 N–H and O–H groups in total. The Bertz CT molecular complexity index is 659. The molecule has 4 heteroatoms. The van der Waals surface area contributed by atoms with E-state index in [0.29, 0.717) is 6.61 Å². The zero-order valence-electron chi connectivity index (χ0n) is 13.7. The summed E-state index contributed by atoms with van der Waals surface area (Å²) in [4.78, 5) is 0. The van der Waals surface area contributed by atoms with Gasteiger partial charge in [0.2, 0.25) is 0 Å². The molecule has 1 spiro atoms. The molecule has 1 aliphatic heterocycles. The van der Waals surface area contributed by atoms with E-state index in [4.69, 9.17) is 14.6 Å².